The minimum absolute atomic E-state index is 0.287. The molecule has 3 heteroatoms. The van der Waals surface area contributed by atoms with E-state index < -0.39 is 11.5 Å². The first-order valence-electron chi connectivity index (χ1n) is 6.01. The lowest BCUT2D eigenvalue weighted by Gasteiger charge is -2.38. The fraction of sp³-hybridized carbons (Fsp3) is 0.917. The van der Waals surface area contributed by atoms with Gasteiger partial charge in [0.05, 0.1) is 0 Å². The Morgan fingerprint density at radius 2 is 2.07 bits per heavy atom. The van der Waals surface area contributed by atoms with Gasteiger partial charge in [0.15, 0.2) is 0 Å². The van der Waals surface area contributed by atoms with Crippen LogP contribution < -0.4 is 5.32 Å². The van der Waals surface area contributed by atoms with Gasteiger partial charge in [-0.05, 0) is 44.9 Å². The van der Waals surface area contributed by atoms with E-state index in [4.69, 9.17) is 0 Å². The Bertz CT molecular complexity index is 220. The minimum Gasteiger partial charge on any atom is -0.480 e. The molecule has 0 aromatic heterocycles. The summed E-state index contributed by atoms with van der Waals surface area (Å²) in [7, 11) is 0. The van der Waals surface area contributed by atoms with E-state index in [2.05, 4.69) is 26.1 Å². The van der Waals surface area contributed by atoms with Gasteiger partial charge < -0.3 is 5.11 Å². The maximum Gasteiger partial charge on any atom is 0.323 e. The third-order valence-electron chi connectivity index (χ3n) is 3.67. The summed E-state index contributed by atoms with van der Waals surface area (Å²) in [5.41, 5.74) is -0.651. The Morgan fingerprint density at radius 3 is 2.47 bits per heavy atom. The van der Waals surface area contributed by atoms with E-state index >= 15 is 0 Å². The van der Waals surface area contributed by atoms with Gasteiger partial charge in [0.2, 0.25) is 0 Å². The van der Waals surface area contributed by atoms with E-state index in [1.165, 1.54) is 0 Å². The van der Waals surface area contributed by atoms with Crippen LogP contribution in [0.1, 0.15) is 52.9 Å². The lowest BCUT2D eigenvalue weighted by atomic mass is 9.76. The van der Waals surface area contributed by atoms with Gasteiger partial charge >= 0.3 is 5.97 Å². The molecule has 1 aliphatic carbocycles. The molecule has 0 aromatic rings. The Balaban J connectivity index is 2.67. The van der Waals surface area contributed by atoms with Gasteiger partial charge in [-0.25, -0.2) is 0 Å². The summed E-state index contributed by atoms with van der Waals surface area (Å²) >= 11 is 0. The van der Waals surface area contributed by atoms with Crippen LogP contribution in [0.25, 0.3) is 0 Å². The molecule has 1 aliphatic rings. The maximum absolute atomic E-state index is 11.4. The molecule has 0 aromatic carbocycles. The number of nitrogens with one attached hydrogen (secondary N) is 1. The molecule has 0 saturated heterocycles. The second kappa shape index (κ2) is 4.97. The zero-order valence-electron chi connectivity index (χ0n) is 10.0. The van der Waals surface area contributed by atoms with E-state index in [1.807, 2.05) is 0 Å². The van der Waals surface area contributed by atoms with Crippen molar-refractivity contribution in [1.29, 1.82) is 0 Å². The lowest BCUT2D eigenvalue weighted by molar-refractivity contribution is -0.147. The highest BCUT2D eigenvalue weighted by atomic mass is 16.4. The van der Waals surface area contributed by atoms with Crippen molar-refractivity contribution in [2.75, 3.05) is 0 Å². The maximum atomic E-state index is 11.4. The van der Waals surface area contributed by atoms with E-state index in [9.17, 15) is 9.90 Å². The van der Waals surface area contributed by atoms with E-state index in [0.29, 0.717) is 5.92 Å². The topological polar surface area (TPSA) is 49.3 Å². The van der Waals surface area contributed by atoms with Crippen molar-refractivity contribution in [2.24, 2.45) is 5.92 Å². The van der Waals surface area contributed by atoms with Crippen LogP contribution in [0.2, 0.25) is 0 Å². The van der Waals surface area contributed by atoms with Crippen LogP contribution in [0, 0.1) is 5.92 Å². The molecule has 88 valence electrons. The normalized spacial score (nSPS) is 33.7. The van der Waals surface area contributed by atoms with Crippen molar-refractivity contribution in [2.45, 2.75) is 64.5 Å². The number of carboxylic acids is 1. The van der Waals surface area contributed by atoms with Crippen molar-refractivity contribution >= 4 is 5.97 Å². The highest BCUT2D eigenvalue weighted by Gasteiger charge is 2.41. The molecule has 15 heavy (non-hydrogen) atoms. The van der Waals surface area contributed by atoms with E-state index in [1.54, 1.807) is 0 Å². The van der Waals surface area contributed by atoms with Gasteiger partial charge in [-0.1, -0.05) is 13.8 Å². The summed E-state index contributed by atoms with van der Waals surface area (Å²) in [5, 5.41) is 12.7. The molecular weight excluding hydrogens is 190 g/mol. The first kappa shape index (κ1) is 12.5. The van der Waals surface area contributed by atoms with Crippen molar-refractivity contribution in [3.63, 3.8) is 0 Å². The zero-order valence-corrected chi connectivity index (χ0v) is 10.0. The third kappa shape index (κ3) is 2.94. The number of carbonyl (C=O) groups is 1. The van der Waals surface area contributed by atoms with Crippen LogP contribution in [-0.2, 0) is 4.79 Å². The highest BCUT2D eigenvalue weighted by molar-refractivity contribution is 5.79. The Morgan fingerprint density at radius 1 is 1.53 bits per heavy atom. The molecule has 0 spiro atoms. The summed E-state index contributed by atoms with van der Waals surface area (Å²) in [5.74, 6) is 0.00547. The van der Waals surface area contributed by atoms with Crippen LogP contribution in [-0.4, -0.2) is 22.7 Å². The standard InChI is InChI=1S/C12H23NO2/c1-4-10(3)13-12(11(14)15)7-5-9(2)6-8-12/h9-10,13H,4-8H2,1-3H3,(H,14,15). The Labute approximate surface area is 92.3 Å². The molecule has 1 atom stereocenters. The van der Waals surface area contributed by atoms with Crippen molar-refractivity contribution in [3.05, 3.63) is 0 Å². The van der Waals surface area contributed by atoms with Gasteiger partial charge in [-0.3, -0.25) is 10.1 Å². The second-order valence-electron chi connectivity index (χ2n) is 5.02. The van der Waals surface area contributed by atoms with Gasteiger partial charge in [0, 0.05) is 6.04 Å². The molecule has 1 fully saturated rings. The van der Waals surface area contributed by atoms with E-state index in [0.717, 1.165) is 32.1 Å². The number of aliphatic carboxylic acids is 1. The second-order valence-corrected chi connectivity index (χ2v) is 5.02. The fourth-order valence-corrected chi connectivity index (χ4v) is 2.25. The zero-order chi connectivity index (χ0) is 11.5. The molecule has 0 aliphatic heterocycles. The van der Waals surface area contributed by atoms with Crippen LogP contribution in [0.3, 0.4) is 0 Å². The van der Waals surface area contributed by atoms with Crippen LogP contribution in [0.5, 0.6) is 0 Å². The average molecular weight is 213 g/mol. The molecule has 2 N–H and O–H groups in total. The van der Waals surface area contributed by atoms with Gasteiger partial charge in [0.1, 0.15) is 5.54 Å². The molecule has 0 amide bonds. The Hall–Kier alpha value is -0.570. The fourth-order valence-electron chi connectivity index (χ4n) is 2.25. The summed E-state index contributed by atoms with van der Waals surface area (Å²) in [6, 6.07) is 0.287. The molecule has 1 saturated carbocycles. The number of hydrogen-bond acceptors (Lipinski definition) is 2. The molecule has 0 radical (unpaired) electrons. The van der Waals surface area contributed by atoms with Gasteiger partial charge in [-0.15, -0.1) is 0 Å². The Kier molecular flexibility index (Phi) is 4.14. The number of carboxylic acid groups (broad SMARTS) is 1. The van der Waals surface area contributed by atoms with Crippen molar-refractivity contribution in [3.8, 4) is 0 Å². The third-order valence-corrected chi connectivity index (χ3v) is 3.67. The molecule has 0 heterocycles. The molecule has 3 nitrogen and oxygen atoms in total. The summed E-state index contributed by atoms with van der Waals surface area (Å²) in [4.78, 5) is 11.4. The van der Waals surface area contributed by atoms with Crippen molar-refractivity contribution in [1.82, 2.24) is 5.32 Å². The average Bonchev–Trinajstić information content (AvgIpc) is 2.21. The molecule has 0 bridgehead atoms. The smallest absolute Gasteiger partial charge is 0.323 e. The summed E-state index contributed by atoms with van der Waals surface area (Å²) in [6.07, 6.45) is 4.57. The van der Waals surface area contributed by atoms with Crippen molar-refractivity contribution < 1.29 is 9.90 Å². The van der Waals surface area contributed by atoms with E-state index in [-0.39, 0.29) is 6.04 Å². The summed E-state index contributed by atoms with van der Waals surface area (Å²) in [6.45, 7) is 6.34. The number of rotatable bonds is 4. The first-order chi connectivity index (χ1) is 7.00. The highest BCUT2D eigenvalue weighted by Crippen LogP contribution is 2.32. The predicted octanol–water partition coefficient (Wildman–Crippen LogP) is 2.41. The SMILES string of the molecule is CCC(C)NC1(C(=O)O)CCC(C)CC1. The number of hydrogen-bond donors (Lipinski definition) is 2. The lowest BCUT2D eigenvalue weighted by Crippen LogP contribution is -2.56. The van der Waals surface area contributed by atoms with Crippen LogP contribution in [0.4, 0.5) is 0 Å². The van der Waals surface area contributed by atoms with Crippen LogP contribution in [0.15, 0.2) is 0 Å². The summed E-state index contributed by atoms with van der Waals surface area (Å²) < 4.78 is 0. The molecule has 1 rings (SSSR count). The van der Waals surface area contributed by atoms with Gasteiger partial charge in [0.25, 0.3) is 0 Å². The minimum atomic E-state index is -0.672. The molecule has 1 unspecified atom stereocenters. The van der Waals surface area contributed by atoms with Gasteiger partial charge in [-0.2, -0.15) is 0 Å². The van der Waals surface area contributed by atoms with Crippen LogP contribution >= 0.6 is 0 Å². The first-order valence-corrected chi connectivity index (χ1v) is 6.01. The largest absolute Gasteiger partial charge is 0.480 e. The molecular formula is C12H23NO2. The monoisotopic (exact) mass is 213 g/mol. The predicted molar refractivity (Wildman–Crippen MR) is 60.9 cm³/mol. The quantitative estimate of drug-likeness (QED) is 0.754.